The maximum Gasteiger partial charge on any atom is 0.276 e. The van der Waals surface area contributed by atoms with E-state index in [0.717, 1.165) is 29.0 Å². The molecule has 160 valence electrons. The lowest BCUT2D eigenvalue weighted by molar-refractivity contribution is 0.0708. The first kappa shape index (κ1) is 21.1. The molecule has 31 heavy (non-hydrogen) atoms. The number of aromatic amines is 1. The first-order valence-corrected chi connectivity index (χ1v) is 11.3. The molecule has 3 aromatic rings. The lowest BCUT2D eigenvalue weighted by Gasteiger charge is -2.32. The molecule has 0 radical (unpaired) electrons. The van der Waals surface area contributed by atoms with E-state index in [0.29, 0.717) is 13.1 Å². The highest BCUT2D eigenvalue weighted by Gasteiger charge is 2.27. The van der Waals surface area contributed by atoms with Gasteiger partial charge in [0.25, 0.3) is 11.8 Å². The zero-order chi connectivity index (χ0) is 21.8. The minimum Gasteiger partial charge on any atom is -0.339 e. The molecule has 8 heteroatoms. The summed E-state index contributed by atoms with van der Waals surface area (Å²) >= 11 is 1.57. The van der Waals surface area contributed by atoms with Gasteiger partial charge in [-0.25, -0.2) is 4.39 Å². The van der Waals surface area contributed by atoms with E-state index in [9.17, 15) is 14.0 Å². The highest BCUT2D eigenvalue weighted by Crippen LogP contribution is 2.29. The molecule has 0 saturated carbocycles. The van der Waals surface area contributed by atoms with Crippen molar-refractivity contribution >= 4 is 29.3 Å². The van der Waals surface area contributed by atoms with Crippen molar-refractivity contribution in [1.82, 2.24) is 15.1 Å². The molecule has 0 bridgehead atoms. The average molecular weight is 439 g/mol. The van der Waals surface area contributed by atoms with Crippen LogP contribution in [-0.2, 0) is 0 Å². The molecule has 1 aliphatic rings. The maximum atomic E-state index is 13.8. The number of halogens is 1. The van der Waals surface area contributed by atoms with Gasteiger partial charge in [-0.3, -0.25) is 14.7 Å². The van der Waals surface area contributed by atoms with Crippen molar-refractivity contribution in [3.05, 3.63) is 77.4 Å². The third-order valence-electron chi connectivity index (χ3n) is 5.51. The first-order chi connectivity index (χ1) is 15.1. The van der Waals surface area contributed by atoms with Gasteiger partial charge in [0, 0.05) is 29.6 Å². The molecule has 0 atom stereocenters. The monoisotopic (exact) mass is 438 g/mol. The van der Waals surface area contributed by atoms with E-state index in [2.05, 4.69) is 15.5 Å². The Morgan fingerprint density at radius 2 is 1.84 bits per heavy atom. The van der Waals surface area contributed by atoms with E-state index < -0.39 is 11.7 Å². The number of thioether (sulfide) groups is 1. The Hall–Kier alpha value is -3.13. The number of H-pyrrole nitrogens is 1. The van der Waals surface area contributed by atoms with Crippen molar-refractivity contribution in [2.45, 2.75) is 23.7 Å². The lowest BCUT2D eigenvalue weighted by Crippen LogP contribution is -2.38. The molecule has 1 aromatic heterocycles. The van der Waals surface area contributed by atoms with E-state index >= 15 is 0 Å². The average Bonchev–Trinajstić information content (AvgIpc) is 3.31. The highest BCUT2D eigenvalue weighted by molar-refractivity contribution is 7.98. The molecule has 0 unspecified atom stereocenters. The van der Waals surface area contributed by atoms with Crippen molar-refractivity contribution < 1.29 is 14.0 Å². The fourth-order valence-corrected chi connectivity index (χ4v) is 4.39. The van der Waals surface area contributed by atoms with E-state index in [-0.39, 0.29) is 23.2 Å². The quantitative estimate of drug-likeness (QED) is 0.573. The second-order valence-corrected chi connectivity index (χ2v) is 8.26. The number of aromatic nitrogens is 2. The van der Waals surface area contributed by atoms with Gasteiger partial charge in [0.2, 0.25) is 0 Å². The third kappa shape index (κ3) is 4.64. The topological polar surface area (TPSA) is 78.1 Å². The summed E-state index contributed by atoms with van der Waals surface area (Å²) in [5, 5.41) is 9.58. The van der Waals surface area contributed by atoms with Gasteiger partial charge in [-0.2, -0.15) is 5.10 Å². The van der Waals surface area contributed by atoms with Gasteiger partial charge < -0.3 is 10.2 Å². The summed E-state index contributed by atoms with van der Waals surface area (Å²) < 4.78 is 13.8. The lowest BCUT2D eigenvalue weighted by atomic mass is 9.93. The predicted molar refractivity (Wildman–Crippen MR) is 119 cm³/mol. The standard InChI is InChI=1S/C23H23FN4O2S/c1-31-21-9-5-2-6-16(21)23(30)28-12-10-15(11-13-28)19-14-20(27-26-19)22(29)25-18-8-4-3-7-17(18)24/h2-9,14-15H,10-13H2,1H3,(H,25,29)(H,26,27). The molecule has 4 rings (SSSR count). The van der Waals surface area contributed by atoms with Gasteiger partial charge in [0.05, 0.1) is 11.3 Å². The van der Waals surface area contributed by atoms with Crippen molar-refractivity contribution in [3.63, 3.8) is 0 Å². The van der Waals surface area contributed by atoms with Crippen molar-refractivity contribution in [1.29, 1.82) is 0 Å². The number of carbonyl (C=O) groups excluding carboxylic acids is 2. The number of anilines is 1. The summed E-state index contributed by atoms with van der Waals surface area (Å²) in [6.07, 6.45) is 3.53. The number of para-hydroxylation sites is 1. The minimum atomic E-state index is -0.494. The van der Waals surface area contributed by atoms with Crippen LogP contribution in [0.1, 0.15) is 45.3 Å². The van der Waals surface area contributed by atoms with Crippen molar-refractivity contribution in [2.75, 3.05) is 24.7 Å². The number of amides is 2. The Labute approximate surface area is 184 Å². The van der Waals surface area contributed by atoms with E-state index in [1.807, 2.05) is 35.4 Å². The fourth-order valence-electron chi connectivity index (χ4n) is 3.80. The van der Waals surface area contributed by atoms with Gasteiger partial charge in [-0.15, -0.1) is 11.8 Å². The molecule has 1 saturated heterocycles. The molecule has 0 spiro atoms. The van der Waals surface area contributed by atoms with Gasteiger partial charge in [-0.1, -0.05) is 24.3 Å². The zero-order valence-electron chi connectivity index (χ0n) is 17.1. The second kappa shape index (κ2) is 9.34. The summed E-state index contributed by atoms with van der Waals surface area (Å²) in [4.78, 5) is 28.2. The first-order valence-electron chi connectivity index (χ1n) is 10.1. The predicted octanol–water partition coefficient (Wildman–Crippen LogP) is 4.54. The Balaban J connectivity index is 1.37. The Bertz CT molecular complexity index is 1090. The number of nitrogens with one attached hydrogen (secondary N) is 2. The molecule has 6 nitrogen and oxygen atoms in total. The van der Waals surface area contributed by atoms with Gasteiger partial charge in [0.15, 0.2) is 5.69 Å². The smallest absolute Gasteiger partial charge is 0.276 e. The Morgan fingerprint density at radius 1 is 1.13 bits per heavy atom. The normalized spacial score (nSPS) is 14.5. The van der Waals surface area contributed by atoms with E-state index in [1.54, 1.807) is 30.0 Å². The van der Waals surface area contributed by atoms with Crippen LogP contribution in [0, 0.1) is 5.82 Å². The molecule has 0 aliphatic carbocycles. The molecule has 2 amide bonds. The largest absolute Gasteiger partial charge is 0.339 e. The van der Waals surface area contributed by atoms with Gasteiger partial charge in [0.1, 0.15) is 5.82 Å². The third-order valence-corrected chi connectivity index (χ3v) is 6.31. The van der Waals surface area contributed by atoms with Crippen molar-refractivity contribution in [2.24, 2.45) is 0 Å². The van der Waals surface area contributed by atoms with E-state index in [1.165, 1.54) is 12.1 Å². The van der Waals surface area contributed by atoms with Gasteiger partial charge in [-0.05, 0) is 49.4 Å². The number of nitrogens with zero attached hydrogens (tertiary/aromatic N) is 2. The number of carbonyl (C=O) groups is 2. The molecule has 1 fully saturated rings. The maximum absolute atomic E-state index is 13.8. The molecule has 2 aromatic carbocycles. The number of rotatable bonds is 5. The zero-order valence-corrected chi connectivity index (χ0v) is 17.9. The number of likely N-dealkylation sites (tertiary alicyclic amines) is 1. The molecule has 2 heterocycles. The molecule has 1 aliphatic heterocycles. The molecular weight excluding hydrogens is 415 g/mol. The fraction of sp³-hybridized carbons (Fsp3) is 0.261. The SMILES string of the molecule is CSc1ccccc1C(=O)N1CCC(c2cc(C(=O)Nc3ccccc3F)n[nH]2)CC1. The van der Waals surface area contributed by atoms with Crippen LogP contribution < -0.4 is 5.32 Å². The van der Waals surface area contributed by atoms with E-state index in [4.69, 9.17) is 0 Å². The highest BCUT2D eigenvalue weighted by atomic mass is 32.2. The molecule has 2 N–H and O–H groups in total. The van der Waals surface area contributed by atoms with Gasteiger partial charge >= 0.3 is 0 Å². The number of piperidine rings is 1. The Kier molecular flexibility index (Phi) is 6.36. The van der Waals surface area contributed by atoms with Crippen LogP contribution in [0.4, 0.5) is 10.1 Å². The van der Waals surface area contributed by atoms with Crippen molar-refractivity contribution in [3.8, 4) is 0 Å². The van der Waals surface area contributed by atoms with Crippen LogP contribution in [-0.4, -0.2) is 46.3 Å². The Morgan fingerprint density at radius 3 is 2.58 bits per heavy atom. The van der Waals surface area contributed by atoms with Crippen LogP contribution in [0.3, 0.4) is 0 Å². The number of hydrogen-bond acceptors (Lipinski definition) is 4. The van der Waals surface area contributed by atoms with Crippen LogP contribution in [0.25, 0.3) is 0 Å². The van der Waals surface area contributed by atoms with Crippen LogP contribution in [0.2, 0.25) is 0 Å². The summed E-state index contributed by atoms with van der Waals surface area (Å²) in [5.74, 6) is -0.721. The van der Waals surface area contributed by atoms with Crippen LogP contribution >= 0.6 is 11.8 Å². The minimum absolute atomic E-state index is 0.0537. The molecular formula is C23H23FN4O2S. The number of hydrogen-bond donors (Lipinski definition) is 2. The second-order valence-electron chi connectivity index (χ2n) is 7.41. The summed E-state index contributed by atoms with van der Waals surface area (Å²) in [7, 11) is 0. The van der Waals surface area contributed by atoms with Crippen LogP contribution in [0.15, 0.2) is 59.5 Å². The number of benzene rings is 2. The summed E-state index contributed by atoms with van der Waals surface area (Å²) in [6.45, 7) is 1.28. The summed E-state index contributed by atoms with van der Waals surface area (Å²) in [6, 6.07) is 15.4. The van der Waals surface area contributed by atoms with Crippen LogP contribution in [0.5, 0.6) is 0 Å². The summed E-state index contributed by atoms with van der Waals surface area (Å²) in [5.41, 5.74) is 1.93.